The highest BCUT2D eigenvalue weighted by molar-refractivity contribution is 5.41. The SMILES string of the molecule is COc1ccc(C2CCCC2)cc1CN=C=O. The highest BCUT2D eigenvalue weighted by Crippen LogP contribution is 2.35. The number of aliphatic imine (C=N–C) groups is 1. The molecule has 1 aliphatic rings. The summed E-state index contributed by atoms with van der Waals surface area (Å²) in [6, 6.07) is 6.22. The minimum atomic E-state index is 0.354. The van der Waals surface area contributed by atoms with Crippen LogP contribution in [0.1, 0.15) is 42.7 Å². The molecule has 90 valence electrons. The zero-order valence-electron chi connectivity index (χ0n) is 10.1. The molecule has 1 aromatic rings. The molecule has 0 aromatic heterocycles. The molecule has 0 heterocycles. The van der Waals surface area contributed by atoms with E-state index in [1.165, 1.54) is 31.2 Å². The van der Waals surface area contributed by atoms with E-state index in [1.54, 1.807) is 13.2 Å². The molecule has 1 aliphatic carbocycles. The molecule has 3 heteroatoms. The Balaban J connectivity index is 2.26. The van der Waals surface area contributed by atoms with Crippen molar-refractivity contribution in [1.29, 1.82) is 0 Å². The van der Waals surface area contributed by atoms with Gasteiger partial charge in [-0.1, -0.05) is 18.9 Å². The van der Waals surface area contributed by atoms with Crippen LogP contribution < -0.4 is 4.74 Å². The van der Waals surface area contributed by atoms with Gasteiger partial charge in [-0.2, -0.15) is 0 Å². The van der Waals surface area contributed by atoms with Gasteiger partial charge >= 0.3 is 0 Å². The van der Waals surface area contributed by atoms with Crippen molar-refractivity contribution in [2.24, 2.45) is 4.99 Å². The number of carbonyl (C=O) groups excluding carboxylic acids is 1. The van der Waals surface area contributed by atoms with Crippen LogP contribution in [0.15, 0.2) is 23.2 Å². The highest BCUT2D eigenvalue weighted by Gasteiger charge is 2.18. The Morgan fingerprint density at radius 3 is 2.82 bits per heavy atom. The van der Waals surface area contributed by atoms with Crippen LogP contribution in [0.25, 0.3) is 0 Å². The summed E-state index contributed by atoms with van der Waals surface area (Å²) in [5, 5.41) is 0. The molecule has 0 N–H and O–H groups in total. The van der Waals surface area contributed by atoms with Gasteiger partial charge in [0.2, 0.25) is 6.08 Å². The van der Waals surface area contributed by atoms with Crippen molar-refractivity contribution in [2.45, 2.75) is 38.1 Å². The van der Waals surface area contributed by atoms with Gasteiger partial charge < -0.3 is 4.74 Å². The fourth-order valence-corrected chi connectivity index (χ4v) is 2.55. The first-order valence-electron chi connectivity index (χ1n) is 6.05. The number of hydrogen-bond acceptors (Lipinski definition) is 3. The van der Waals surface area contributed by atoms with Gasteiger partial charge in [0.15, 0.2) is 0 Å². The normalized spacial score (nSPS) is 15.6. The lowest BCUT2D eigenvalue weighted by Gasteiger charge is -2.13. The zero-order chi connectivity index (χ0) is 12.1. The van der Waals surface area contributed by atoms with E-state index >= 15 is 0 Å². The first-order valence-corrected chi connectivity index (χ1v) is 6.05. The molecule has 1 fully saturated rings. The number of nitrogens with zero attached hydrogens (tertiary/aromatic N) is 1. The van der Waals surface area contributed by atoms with E-state index in [4.69, 9.17) is 4.74 Å². The van der Waals surface area contributed by atoms with Crippen LogP contribution in [0, 0.1) is 0 Å². The van der Waals surface area contributed by atoms with Gasteiger partial charge in [-0.05, 0) is 36.5 Å². The molecular weight excluding hydrogens is 214 g/mol. The molecule has 0 bridgehead atoms. The molecule has 0 spiro atoms. The number of hydrogen-bond donors (Lipinski definition) is 0. The minimum Gasteiger partial charge on any atom is -0.496 e. The molecular formula is C14H17NO2. The Hall–Kier alpha value is -1.60. The van der Waals surface area contributed by atoms with E-state index in [9.17, 15) is 4.79 Å². The number of ether oxygens (including phenoxy) is 1. The summed E-state index contributed by atoms with van der Waals surface area (Å²) in [5.41, 5.74) is 2.32. The third-order valence-corrected chi connectivity index (χ3v) is 3.44. The maximum Gasteiger partial charge on any atom is 0.235 e. The van der Waals surface area contributed by atoms with Crippen molar-refractivity contribution >= 4 is 6.08 Å². The first-order chi connectivity index (χ1) is 8.35. The van der Waals surface area contributed by atoms with E-state index in [0.29, 0.717) is 12.5 Å². The summed E-state index contributed by atoms with van der Waals surface area (Å²) in [6.07, 6.45) is 6.75. The van der Waals surface area contributed by atoms with Gasteiger partial charge in [0.25, 0.3) is 0 Å². The van der Waals surface area contributed by atoms with Gasteiger partial charge in [-0.3, -0.25) is 0 Å². The molecule has 17 heavy (non-hydrogen) atoms. The van der Waals surface area contributed by atoms with Crippen molar-refractivity contribution < 1.29 is 9.53 Å². The summed E-state index contributed by atoms with van der Waals surface area (Å²) in [4.78, 5) is 13.8. The van der Waals surface area contributed by atoms with Crippen LogP contribution in [0.2, 0.25) is 0 Å². The lowest BCUT2D eigenvalue weighted by atomic mass is 9.95. The predicted molar refractivity (Wildman–Crippen MR) is 66.0 cm³/mol. The van der Waals surface area contributed by atoms with Gasteiger partial charge in [-0.25, -0.2) is 9.79 Å². The van der Waals surface area contributed by atoms with Crippen LogP contribution in [0.5, 0.6) is 5.75 Å². The van der Waals surface area contributed by atoms with Crippen LogP contribution in [-0.4, -0.2) is 13.2 Å². The van der Waals surface area contributed by atoms with Crippen molar-refractivity contribution in [3.63, 3.8) is 0 Å². The Kier molecular flexibility index (Phi) is 3.94. The minimum absolute atomic E-state index is 0.354. The smallest absolute Gasteiger partial charge is 0.235 e. The van der Waals surface area contributed by atoms with Gasteiger partial charge in [0, 0.05) is 5.56 Å². The van der Waals surface area contributed by atoms with E-state index in [2.05, 4.69) is 17.1 Å². The second-order valence-corrected chi connectivity index (χ2v) is 4.46. The topological polar surface area (TPSA) is 38.7 Å². The predicted octanol–water partition coefficient (Wildman–Crippen LogP) is 3.19. The van der Waals surface area contributed by atoms with Gasteiger partial charge in [-0.15, -0.1) is 0 Å². The van der Waals surface area contributed by atoms with E-state index in [0.717, 1.165) is 11.3 Å². The molecule has 0 atom stereocenters. The standard InChI is InChI=1S/C14H17NO2/c1-17-14-7-6-12(11-4-2-3-5-11)8-13(14)9-15-10-16/h6-8,11H,2-5,9H2,1H3. The molecule has 0 radical (unpaired) electrons. The number of methoxy groups -OCH3 is 1. The Morgan fingerprint density at radius 2 is 2.18 bits per heavy atom. The van der Waals surface area contributed by atoms with E-state index in [1.807, 2.05) is 6.07 Å². The van der Waals surface area contributed by atoms with Gasteiger partial charge in [0.05, 0.1) is 13.7 Å². The summed E-state index contributed by atoms with van der Waals surface area (Å²) < 4.78 is 5.27. The summed E-state index contributed by atoms with van der Waals surface area (Å²) in [5.74, 6) is 1.46. The van der Waals surface area contributed by atoms with Crippen molar-refractivity contribution in [2.75, 3.05) is 7.11 Å². The summed E-state index contributed by atoms with van der Waals surface area (Å²) in [6.45, 7) is 0.354. The molecule has 1 saturated carbocycles. The van der Waals surface area contributed by atoms with Crippen LogP contribution in [-0.2, 0) is 11.3 Å². The highest BCUT2D eigenvalue weighted by atomic mass is 16.5. The van der Waals surface area contributed by atoms with Crippen LogP contribution in [0.3, 0.4) is 0 Å². The Labute approximate surface area is 102 Å². The van der Waals surface area contributed by atoms with E-state index in [-0.39, 0.29) is 0 Å². The van der Waals surface area contributed by atoms with Crippen molar-refractivity contribution in [3.05, 3.63) is 29.3 Å². The number of rotatable bonds is 4. The van der Waals surface area contributed by atoms with E-state index < -0.39 is 0 Å². The molecule has 0 aliphatic heterocycles. The third-order valence-electron chi connectivity index (χ3n) is 3.44. The molecule has 0 amide bonds. The zero-order valence-corrected chi connectivity index (χ0v) is 10.1. The molecule has 0 saturated heterocycles. The monoisotopic (exact) mass is 231 g/mol. The average molecular weight is 231 g/mol. The Bertz CT molecular complexity index is 430. The molecule has 0 unspecified atom stereocenters. The number of isocyanates is 1. The van der Waals surface area contributed by atoms with Crippen molar-refractivity contribution in [1.82, 2.24) is 0 Å². The van der Waals surface area contributed by atoms with Crippen LogP contribution >= 0.6 is 0 Å². The van der Waals surface area contributed by atoms with Crippen molar-refractivity contribution in [3.8, 4) is 5.75 Å². The molecule has 1 aromatic carbocycles. The summed E-state index contributed by atoms with van der Waals surface area (Å²) >= 11 is 0. The summed E-state index contributed by atoms with van der Waals surface area (Å²) in [7, 11) is 1.64. The third kappa shape index (κ3) is 2.75. The first kappa shape index (κ1) is 11.9. The maximum absolute atomic E-state index is 10.2. The fraction of sp³-hybridized carbons (Fsp3) is 0.500. The largest absolute Gasteiger partial charge is 0.496 e. The molecule has 3 nitrogen and oxygen atoms in total. The molecule has 2 rings (SSSR count). The maximum atomic E-state index is 10.2. The quantitative estimate of drug-likeness (QED) is 0.589. The van der Waals surface area contributed by atoms with Gasteiger partial charge in [0.1, 0.15) is 5.75 Å². The fourth-order valence-electron chi connectivity index (χ4n) is 2.55. The van der Waals surface area contributed by atoms with Crippen LogP contribution in [0.4, 0.5) is 0 Å². The number of benzene rings is 1. The Morgan fingerprint density at radius 1 is 1.41 bits per heavy atom. The lowest BCUT2D eigenvalue weighted by molar-refractivity contribution is 0.409. The second kappa shape index (κ2) is 5.65. The average Bonchev–Trinajstić information content (AvgIpc) is 2.89. The second-order valence-electron chi connectivity index (χ2n) is 4.46. The lowest BCUT2D eigenvalue weighted by Crippen LogP contribution is -1.97.